The first-order valence-electron chi connectivity index (χ1n) is 8.45. The lowest BCUT2D eigenvalue weighted by molar-refractivity contribution is 0.188. The minimum absolute atomic E-state index is 0.522. The Morgan fingerprint density at radius 2 is 2.00 bits per heavy atom. The second kappa shape index (κ2) is 8.18. The Kier molecular flexibility index (Phi) is 6.25. The van der Waals surface area contributed by atoms with Crippen LogP contribution >= 0.6 is 0 Å². The summed E-state index contributed by atoms with van der Waals surface area (Å²) in [4.78, 5) is 7.00. The zero-order valence-corrected chi connectivity index (χ0v) is 14.2. The number of nitrogens with zero attached hydrogens (tertiary/aromatic N) is 2. The van der Waals surface area contributed by atoms with Crippen molar-refractivity contribution in [3.63, 3.8) is 0 Å². The molecular formula is C18H30N4. The Bertz CT molecular complexity index is 502. The summed E-state index contributed by atoms with van der Waals surface area (Å²) >= 11 is 0. The quantitative estimate of drug-likeness (QED) is 0.649. The molecule has 0 spiro atoms. The zero-order valence-electron chi connectivity index (χ0n) is 14.2. The minimum Gasteiger partial charge on any atom is -0.370 e. The molecule has 0 saturated carbocycles. The van der Waals surface area contributed by atoms with E-state index in [2.05, 4.69) is 48.1 Å². The van der Waals surface area contributed by atoms with E-state index in [0.717, 1.165) is 24.6 Å². The highest BCUT2D eigenvalue weighted by atomic mass is 15.1. The van der Waals surface area contributed by atoms with Crippen LogP contribution in [0.5, 0.6) is 0 Å². The Morgan fingerprint density at radius 3 is 2.64 bits per heavy atom. The summed E-state index contributed by atoms with van der Waals surface area (Å²) in [5.41, 5.74) is 9.55. The average Bonchev–Trinajstić information content (AvgIpc) is 2.51. The lowest BCUT2D eigenvalue weighted by Gasteiger charge is -2.30. The monoisotopic (exact) mass is 302 g/mol. The fourth-order valence-corrected chi connectivity index (χ4v) is 2.97. The maximum atomic E-state index is 5.98. The normalized spacial score (nSPS) is 17.7. The van der Waals surface area contributed by atoms with Crippen molar-refractivity contribution in [2.75, 3.05) is 31.5 Å². The van der Waals surface area contributed by atoms with E-state index in [1.807, 2.05) is 6.07 Å². The van der Waals surface area contributed by atoms with Gasteiger partial charge in [-0.15, -0.1) is 0 Å². The van der Waals surface area contributed by atoms with Crippen molar-refractivity contribution in [3.8, 4) is 0 Å². The summed E-state index contributed by atoms with van der Waals surface area (Å²) in [7, 11) is 0. The van der Waals surface area contributed by atoms with Crippen LogP contribution in [-0.4, -0.2) is 37.0 Å². The first kappa shape index (κ1) is 16.8. The van der Waals surface area contributed by atoms with Gasteiger partial charge < -0.3 is 16.0 Å². The molecule has 0 amide bonds. The Hall–Kier alpha value is -1.55. The summed E-state index contributed by atoms with van der Waals surface area (Å²) in [6, 6.07) is 6.26. The van der Waals surface area contributed by atoms with E-state index in [1.165, 1.54) is 43.6 Å². The molecule has 1 fully saturated rings. The number of likely N-dealkylation sites (tertiary alicyclic amines) is 1. The number of hydrogen-bond donors (Lipinski definition) is 2. The number of benzene rings is 1. The van der Waals surface area contributed by atoms with E-state index < -0.39 is 0 Å². The SMILES string of the molecule is CCN1CCC(CCN=C(N)Nc2ccc(C)c(C)c2)CC1. The van der Waals surface area contributed by atoms with Gasteiger partial charge in [0.1, 0.15) is 0 Å². The van der Waals surface area contributed by atoms with Crippen LogP contribution in [0, 0.1) is 19.8 Å². The molecule has 4 nitrogen and oxygen atoms in total. The predicted molar refractivity (Wildman–Crippen MR) is 95.5 cm³/mol. The van der Waals surface area contributed by atoms with Crippen molar-refractivity contribution < 1.29 is 0 Å². The predicted octanol–water partition coefficient (Wildman–Crippen LogP) is 3.15. The maximum absolute atomic E-state index is 5.98. The number of piperidine rings is 1. The van der Waals surface area contributed by atoms with Crippen LogP contribution in [0.15, 0.2) is 23.2 Å². The molecule has 1 aromatic rings. The van der Waals surface area contributed by atoms with Crippen LogP contribution in [0.4, 0.5) is 5.69 Å². The molecule has 1 aliphatic rings. The van der Waals surface area contributed by atoms with Gasteiger partial charge in [-0.25, -0.2) is 0 Å². The molecule has 0 unspecified atom stereocenters. The van der Waals surface area contributed by atoms with Crippen molar-refractivity contribution >= 4 is 11.6 Å². The number of aryl methyl sites for hydroxylation is 2. The fourth-order valence-electron chi connectivity index (χ4n) is 2.97. The lowest BCUT2D eigenvalue weighted by Crippen LogP contribution is -2.33. The molecule has 1 saturated heterocycles. The van der Waals surface area contributed by atoms with E-state index in [9.17, 15) is 0 Å². The number of aliphatic imine (C=N–C) groups is 1. The van der Waals surface area contributed by atoms with Gasteiger partial charge in [-0.3, -0.25) is 4.99 Å². The van der Waals surface area contributed by atoms with Gasteiger partial charge in [0.15, 0.2) is 5.96 Å². The van der Waals surface area contributed by atoms with Crippen LogP contribution in [0.1, 0.15) is 37.3 Å². The smallest absolute Gasteiger partial charge is 0.193 e. The van der Waals surface area contributed by atoms with Crippen LogP contribution in [-0.2, 0) is 0 Å². The number of anilines is 1. The number of nitrogens with one attached hydrogen (secondary N) is 1. The fraction of sp³-hybridized carbons (Fsp3) is 0.611. The van der Waals surface area contributed by atoms with Crippen molar-refractivity contribution in [2.45, 2.75) is 40.0 Å². The molecule has 0 aliphatic carbocycles. The molecule has 2 rings (SSSR count). The highest BCUT2D eigenvalue weighted by Crippen LogP contribution is 2.20. The second-order valence-electron chi connectivity index (χ2n) is 6.36. The highest BCUT2D eigenvalue weighted by molar-refractivity contribution is 5.92. The minimum atomic E-state index is 0.522. The molecule has 1 heterocycles. The number of nitrogens with two attached hydrogens (primary N) is 1. The Labute approximate surface area is 134 Å². The van der Waals surface area contributed by atoms with Gasteiger partial charge in [-0.2, -0.15) is 0 Å². The van der Waals surface area contributed by atoms with Gasteiger partial charge in [0.2, 0.25) is 0 Å². The third kappa shape index (κ3) is 5.02. The van der Waals surface area contributed by atoms with Crippen LogP contribution < -0.4 is 11.1 Å². The molecule has 4 heteroatoms. The van der Waals surface area contributed by atoms with E-state index in [-0.39, 0.29) is 0 Å². The molecule has 0 aromatic heterocycles. The van der Waals surface area contributed by atoms with E-state index in [4.69, 9.17) is 5.73 Å². The topological polar surface area (TPSA) is 53.6 Å². The van der Waals surface area contributed by atoms with E-state index >= 15 is 0 Å². The maximum Gasteiger partial charge on any atom is 0.193 e. The standard InChI is InChI=1S/C18H30N4/c1-4-22-11-8-16(9-12-22)7-10-20-18(19)21-17-6-5-14(2)15(3)13-17/h5-6,13,16H,4,7-12H2,1-3H3,(H3,19,20,21). The van der Waals surface area contributed by atoms with E-state index in [1.54, 1.807) is 0 Å². The van der Waals surface area contributed by atoms with Gasteiger partial charge in [0.05, 0.1) is 0 Å². The molecule has 1 aromatic carbocycles. The number of guanidine groups is 1. The van der Waals surface area contributed by atoms with Crippen LogP contribution in [0.25, 0.3) is 0 Å². The zero-order chi connectivity index (χ0) is 15.9. The number of rotatable bonds is 5. The highest BCUT2D eigenvalue weighted by Gasteiger charge is 2.17. The molecular weight excluding hydrogens is 272 g/mol. The Balaban J connectivity index is 1.74. The number of hydrogen-bond acceptors (Lipinski definition) is 2. The van der Waals surface area contributed by atoms with E-state index in [0.29, 0.717) is 5.96 Å². The van der Waals surface area contributed by atoms with Crippen molar-refractivity contribution in [1.29, 1.82) is 0 Å². The van der Waals surface area contributed by atoms with Gasteiger partial charge in [-0.1, -0.05) is 13.0 Å². The Morgan fingerprint density at radius 1 is 1.27 bits per heavy atom. The summed E-state index contributed by atoms with van der Waals surface area (Å²) < 4.78 is 0. The van der Waals surface area contributed by atoms with Crippen molar-refractivity contribution in [2.24, 2.45) is 16.6 Å². The second-order valence-corrected chi connectivity index (χ2v) is 6.36. The van der Waals surface area contributed by atoms with Crippen LogP contribution in [0.3, 0.4) is 0 Å². The third-order valence-electron chi connectivity index (χ3n) is 4.75. The first-order chi connectivity index (χ1) is 10.6. The summed E-state index contributed by atoms with van der Waals surface area (Å²) in [6.45, 7) is 10.9. The van der Waals surface area contributed by atoms with Gasteiger partial charge >= 0.3 is 0 Å². The van der Waals surface area contributed by atoms with Crippen molar-refractivity contribution in [1.82, 2.24) is 4.90 Å². The molecule has 0 bridgehead atoms. The first-order valence-corrected chi connectivity index (χ1v) is 8.45. The van der Waals surface area contributed by atoms with Crippen LogP contribution in [0.2, 0.25) is 0 Å². The molecule has 122 valence electrons. The van der Waals surface area contributed by atoms with Gasteiger partial charge in [0.25, 0.3) is 0 Å². The summed E-state index contributed by atoms with van der Waals surface area (Å²) in [5.74, 6) is 1.33. The lowest BCUT2D eigenvalue weighted by atomic mass is 9.94. The molecule has 22 heavy (non-hydrogen) atoms. The van der Waals surface area contributed by atoms with Crippen molar-refractivity contribution in [3.05, 3.63) is 29.3 Å². The van der Waals surface area contributed by atoms with Gasteiger partial charge in [0, 0.05) is 12.2 Å². The third-order valence-corrected chi connectivity index (χ3v) is 4.75. The average molecular weight is 302 g/mol. The summed E-state index contributed by atoms with van der Waals surface area (Å²) in [5, 5.41) is 3.18. The molecule has 1 aliphatic heterocycles. The van der Waals surface area contributed by atoms with Gasteiger partial charge in [-0.05, 0) is 81.9 Å². The molecule has 0 atom stereocenters. The largest absolute Gasteiger partial charge is 0.370 e. The molecule has 0 radical (unpaired) electrons. The molecule has 3 N–H and O–H groups in total. The summed E-state index contributed by atoms with van der Waals surface area (Å²) in [6.07, 6.45) is 3.74.